The van der Waals surface area contributed by atoms with Gasteiger partial charge in [0.2, 0.25) is 0 Å². The van der Waals surface area contributed by atoms with Crippen molar-refractivity contribution in [3.05, 3.63) is 36.4 Å². The Morgan fingerprint density at radius 1 is 0.600 bits per heavy atom. The molecular formula is C14H30O. The van der Waals surface area contributed by atoms with Crippen molar-refractivity contribution < 1.29 is 5.11 Å². The molecular weight excluding hydrogens is 184 g/mol. The molecule has 92 valence electrons. The van der Waals surface area contributed by atoms with E-state index in [1.165, 1.54) is 6.42 Å². The zero-order valence-electron chi connectivity index (χ0n) is 11.6. The Balaban J connectivity index is -0.0000000585. The van der Waals surface area contributed by atoms with Crippen LogP contribution in [0.15, 0.2) is 36.4 Å². The number of hydrogen-bond acceptors (Lipinski definition) is 1. The molecule has 0 atom stereocenters. The third-order valence-electron chi connectivity index (χ3n) is 0.667. The Hall–Kier alpha value is -0.820. The van der Waals surface area contributed by atoms with Crippen molar-refractivity contribution in [1.29, 1.82) is 0 Å². The van der Waals surface area contributed by atoms with Gasteiger partial charge in [-0.1, -0.05) is 84.4 Å². The molecule has 0 amide bonds. The van der Waals surface area contributed by atoms with E-state index in [0.29, 0.717) is 0 Å². The van der Waals surface area contributed by atoms with Crippen molar-refractivity contribution in [3.63, 3.8) is 0 Å². The highest BCUT2D eigenvalue weighted by molar-refractivity contribution is 4.99. The lowest BCUT2D eigenvalue weighted by molar-refractivity contribution is 0.399. The van der Waals surface area contributed by atoms with Gasteiger partial charge in [-0.25, -0.2) is 0 Å². The first-order valence-corrected chi connectivity index (χ1v) is 5.86. The summed E-state index contributed by atoms with van der Waals surface area (Å²) in [6.45, 7) is 12.2. The van der Waals surface area contributed by atoms with Crippen molar-refractivity contribution >= 4 is 0 Å². The fourth-order valence-electron chi connectivity index (χ4n) is 0.385. The van der Waals surface area contributed by atoms with Crippen molar-refractivity contribution in [2.24, 2.45) is 0 Å². The summed E-state index contributed by atoms with van der Waals surface area (Å²) in [6, 6.07) is 12.0. The highest BCUT2D eigenvalue weighted by Gasteiger charge is 1.57. The van der Waals surface area contributed by atoms with Gasteiger partial charge in [-0.15, -0.1) is 0 Å². The van der Waals surface area contributed by atoms with Gasteiger partial charge in [0.05, 0.1) is 0 Å². The normalized spacial score (nSPS) is 5.60. The van der Waals surface area contributed by atoms with E-state index in [0.717, 1.165) is 7.11 Å². The Labute approximate surface area is 97.2 Å². The second-order valence-corrected chi connectivity index (χ2v) is 1.86. The maximum Gasteiger partial charge on any atom is 0.0319 e. The standard InChI is InChI=1S/C6H6.C3H8.2C2H6.CH4O/c1-2-4-6-5-3-1;1-3-2;3*1-2/h1-6H;3H2,1-2H3;2*1-2H3;2H,1H3. The monoisotopic (exact) mass is 214 g/mol. The van der Waals surface area contributed by atoms with Crippen LogP contribution >= 0.6 is 0 Å². The third kappa shape index (κ3) is 61.4. The first-order chi connectivity index (χ1) is 7.41. The largest absolute Gasteiger partial charge is 0.400 e. The lowest BCUT2D eigenvalue weighted by Gasteiger charge is -1.69. The van der Waals surface area contributed by atoms with E-state index in [9.17, 15) is 0 Å². The van der Waals surface area contributed by atoms with E-state index >= 15 is 0 Å². The summed E-state index contributed by atoms with van der Waals surface area (Å²) in [4.78, 5) is 0. The van der Waals surface area contributed by atoms with Crippen LogP contribution in [0.25, 0.3) is 0 Å². The molecule has 1 N–H and O–H groups in total. The average Bonchev–Trinajstić information content (AvgIpc) is 2.40. The van der Waals surface area contributed by atoms with Gasteiger partial charge >= 0.3 is 0 Å². The summed E-state index contributed by atoms with van der Waals surface area (Å²) in [5, 5.41) is 7.00. The molecule has 0 aliphatic rings. The average molecular weight is 214 g/mol. The van der Waals surface area contributed by atoms with Gasteiger partial charge in [0.25, 0.3) is 0 Å². The molecule has 0 heterocycles. The van der Waals surface area contributed by atoms with E-state index in [-0.39, 0.29) is 0 Å². The quantitative estimate of drug-likeness (QED) is 0.660. The Morgan fingerprint density at radius 2 is 0.667 bits per heavy atom. The molecule has 0 aliphatic carbocycles. The predicted molar refractivity (Wildman–Crippen MR) is 73.2 cm³/mol. The molecule has 0 fully saturated rings. The topological polar surface area (TPSA) is 20.2 Å². The van der Waals surface area contributed by atoms with Crippen molar-refractivity contribution in [2.45, 2.75) is 48.0 Å². The van der Waals surface area contributed by atoms with Crippen LogP contribution in [0.1, 0.15) is 48.0 Å². The molecule has 0 radical (unpaired) electrons. The van der Waals surface area contributed by atoms with E-state index in [1.54, 1.807) is 0 Å². The summed E-state index contributed by atoms with van der Waals surface area (Å²) in [6.07, 6.45) is 1.25. The molecule has 0 unspecified atom stereocenters. The number of aliphatic hydroxyl groups is 1. The smallest absolute Gasteiger partial charge is 0.0319 e. The maximum absolute atomic E-state index is 7.00. The van der Waals surface area contributed by atoms with Gasteiger partial charge in [-0.05, 0) is 0 Å². The van der Waals surface area contributed by atoms with Crippen LogP contribution in [-0.2, 0) is 0 Å². The van der Waals surface area contributed by atoms with E-state index in [1.807, 2.05) is 64.1 Å². The number of hydrogen-bond donors (Lipinski definition) is 1. The first-order valence-electron chi connectivity index (χ1n) is 5.86. The predicted octanol–water partition coefficient (Wildman–Crippen LogP) is 4.76. The summed E-state index contributed by atoms with van der Waals surface area (Å²) in [7, 11) is 1.00. The summed E-state index contributed by atoms with van der Waals surface area (Å²) in [5.41, 5.74) is 0. The van der Waals surface area contributed by atoms with E-state index < -0.39 is 0 Å². The van der Waals surface area contributed by atoms with Crippen molar-refractivity contribution in [2.75, 3.05) is 7.11 Å². The second-order valence-electron chi connectivity index (χ2n) is 1.86. The molecule has 15 heavy (non-hydrogen) atoms. The molecule has 0 aliphatic heterocycles. The molecule has 1 aromatic carbocycles. The molecule has 0 spiro atoms. The van der Waals surface area contributed by atoms with Gasteiger partial charge < -0.3 is 5.11 Å². The highest BCUT2D eigenvalue weighted by Crippen LogP contribution is 1.79. The van der Waals surface area contributed by atoms with Gasteiger partial charge in [0.1, 0.15) is 0 Å². The van der Waals surface area contributed by atoms with Gasteiger partial charge in [0.15, 0.2) is 0 Å². The van der Waals surface area contributed by atoms with Crippen LogP contribution in [0.4, 0.5) is 0 Å². The minimum atomic E-state index is 1.00. The molecule has 0 saturated heterocycles. The van der Waals surface area contributed by atoms with Crippen LogP contribution in [0.5, 0.6) is 0 Å². The minimum Gasteiger partial charge on any atom is -0.400 e. The molecule has 1 rings (SSSR count). The number of benzene rings is 1. The second kappa shape index (κ2) is 51.2. The van der Waals surface area contributed by atoms with Crippen LogP contribution < -0.4 is 0 Å². The Morgan fingerprint density at radius 3 is 0.733 bits per heavy atom. The summed E-state index contributed by atoms with van der Waals surface area (Å²) in [5.74, 6) is 0. The molecule has 0 bridgehead atoms. The van der Waals surface area contributed by atoms with E-state index in [4.69, 9.17) is 5.11 Å². The molecule has 1 nitrogen and oxygen atoms in total. The number of rotatable bonds is 0. The van der Waals surface area contributed by atoms with Crippen molar-refractivity contribution in [1.82, 2.24) is 0 Å². The van der Waals surface area contributed by atoms with Gasteiger partial charge in [-0.2, -0.15) is 0 Å². The van der Waals surface area contributed by atoms with Crippen LogP contribution in [0, 0.1) is 0 Å². The van der Waals surface area contributed by atoms with Crippen LogP contribution in [-0.4, -0.2) is 12.2 Å². The lowest BCUT2D eigenvalue weighted by atomic mass is 10.4. The Bertz CT molecular complexity index is 88.2. The van der Waals surface area contributed by atoms with Crippen LogP contribution in [0.2, 0.25) is 0 Å². The first kappa shape index (κ1) is 23.8. The van der Waals surface area contributed by atoms with Gasteiger partial charge in [0, 0.05) is 7.11 Å². The zero-order chi connectivity index (χ0) is 12.9. The Kier molecular flexibility index (Phi) is 81.1. The van der Waals surface area contributed by atoms with E-state index in [2.05, 4.69) is 13.8 Å². The fourth-order valence-corrected chi connectivity index (χ4v) is 0.385. The number of aliphatic hydroxyl groups excluding tert-OH is 1. The minimum absolute atomic E-state index is 1.00. The SMILES string of the molecule is CC.CC.CCC.CO.c1ccccc1. The molecule has 0 aromatic heterocycles. The third-order valence-corrected chi connectivity index (χ3v) is 0.667. The zero-order valence-corrected chi connectivity index (χ0v) is 11.6. The molecule has 1 heteroatoms. The molecule has 1 aromatic rings. The van der Waals surface area contributed by atoms with Crippen LogP contribution in [0.3, 0.4) is 0 Å². The summed E-state index contributed by atoms with van der Waals surface area (Å²) < 4.78 is 0. The highest BCUT2D eigenvalue weighted by atomic mass is 16.2. The summed E-state index contributed by atoms with van der Waals surface area (Å²) >= 11 is 0. The lowest BCUT2D eigenvalue weighted by Crippen LogP contribution is -1.47. The maximum atomic E-state index is 7.00. The fraction of sp³-hybridized carbons (Fsp3) is 0.571. The molecule has 0 saturated carbocycles. The van der Waals surface area contributed by atoms with Gasteiger partial charge in [-0.3, -0.25) is 0 Å². The van der Waals surface area contributed by atoms with Crippen molar-refractivity contribution in [3.8, 4) is 0 Å².